The van der Waals surface area contributed by atoms with Gasteiger partial charge in [-0.1, -0.05) is 13.8 Å². The second-order valence-corrected chi connectivity index (χ2v) is 4.91. The third kappa shape index (κ3) is 6.13. The molecule has 1 heterocycles. The number of hydrogen-bond donors (Lipinski definition) is 2. The Balaban J connectivity index is 1.85. The van der Waals surface area contributed by atoms with Crippen molar-refractivity contribution in [1.29, 1.82) is 0 Å². The summed E-state index contributed by atoms with van der Waals surface area (Å²) >= 11 is 0. The van der Waals surface area contributed by atoms with Gasteiger partial charge in [-0.15, -0.1) is 0 Å². The number of hydrogen-bond acceptors (Lipinski definition) is 3. The molecule has 3 heteroatoms. The molecule has 1 aliphatic rings. The molecule has 0 amide bonds. The lowest BCUT2D eigenvalue weighted by atomic mass is 10.1. The van der Waals surface area contributed by atoms with Crippen molar-refractivity contribution in [3.8, 4) is 0 Å². The first-order valence-electron chi connectivity index (χ1n) is 6.24. The smallest absolute Gasteiger partial charge is 0.0551 e. The average Bonchev–Trinajstić information content (AvgIpc) is 2.57. The monoisotopic (exact) mass is 214 g/mol. The standard InChI is InChI=1S/C12H26N2O/c1-10(2)14-6-4-5-13-8-12-7-11(3)15-9-12/h10-14H,4-9H2,1-3H3. The minimum atomic E-state index is 0.472. The molecule has 1 saturated heterocycles. The molecule has 0 aromatic carbocycles. The van der Waals surface area contributed by atoms with Gasteiger partial charge in [0.2, 0.25) is 0 Å². The van der Waals surface area contributed by atoms with Crippen LogP contribution in [0.25, 0.3) is 0 Å². The molecule has 0 spiro atoms. The van der Waals surface area contributed by atoms with Gasteiger partial charge in [0.1, 0.15) is 0 Å². The predicted molar refractivity (Wildman–Crippen MR) is 64.1 cm³/mol. The van der Waals surface area contributed by atoms with Gasteiger partial charge in [-0.05, 0) is 38.8 Å². The van der Waals surface area contributed by atoms with E-state index in [1.807, 2.05) is 0 Å². The molecule has 0 aliphatic carbocycles. The van der Waals surface area contributed by atoms with Gasteiger partial charge in [-0.3, -0.25) is 0 Å². The zero-order valence-electron chi connectivity index (χ0n) is 10.4. The Morgan fingerprint density at radius 1 is 1.33 bits per heavy atom. The number of ether oxygens (including phenoxy) is 1. The molecule has 2 unspecified atom stereocenters. The molecule has 0 aromatic heterocycles. The normalized spacial score (nSPS) is 26.4. The Labute approximate surface area is 94.0 Å². The Hall–Kier alpha value is -0.120. The van der Waals surface area contributed by atoms with E-state index in [4.69, 9.17) is 4.74 Å². The van der Waals surface area contributed by atoms with Crippen LogP contribution in [0.3, 0.4) is 0 Å². The number of rotatable bonds is 7. The zero-order valence-corrected chi connectivity index (χ0v) is 10.4. The molecule has 1 rings (SSSR count). The van der Waals surface area contributed by atoms with Crippen LogP contribution in [0.15, 0.2) is 0 Å². The van der Waals surface area contributed by atoms with Gasteiger partial charge in [0.15, 0.2) is 0 Å². The van der Waals surface area contributed by atoms with Crippen molar-refractivity contribution >= 4 is 0 Å². The molecule has 90 valence electrons. The maximum absolute atomic E-state index is 5.52. The summed E-state index contributed by atoms with van der Waals surface area (Å²) in [7, 11) is 0. The van der Waals surface area contributed by atoms with Gasteiger partial charge in [0, 0.05) is 12.6 Å². The van der Waals surface area contributed by atoms with Crippen LogP contribution in [-0.4, -0.2) is 38.4 Å². The van der Waals surface area contributed by atoms with Crippen LogP contribution in [0.2, 0.25) is 0 Å². The Bertz CT molecular complexity index is 162. The summed E-state index contributed by atoms with van der Waals surface area (Å²) in [6.45, 7) is 10.8. The first kappa shape index (κ1) is 12.9. The summed E-state index contributed by atoms with van der Waals surface area (Å²) in [5.41, 5.74) is 0. The zero-order chi connectivity index (χ0) is 11.1. The van der Waals surface area contributed by atoms with Gasteiger partial charge in [-0.25, -0.2) is 0 Å². The molecular formula is C12H26N2O. The maximum atomic E-state index is 5.52. The second-order valence-electron chi connectivity index (χ2n) is 4.91. The fraction of sp³-hybridized carbons (Fsp3) is 1.00. The van der Waals surface area contributed by atoms with E-state index in [9.17, 15) is 0 Å². The molecule has 15 heavy (non-hydrogen) atoms. The fourth-order valence-corrected chi connectivity index (χ4v) is 1.96. The van der Waals surface area contributed by atoms with E-state index in [-0.39, 0.29) is 0 Å². The minimum absolute atomic E-state index is 0.472. The van der Waals surface area contributed by atoms with E-state index in [0.717, 1.165) is 32.2 Å². The quantitative estimate of drug-likeness (QED) is 0.628. The van der Waals surface area contributed by atoms with E-state index in [2.05, 4.69) is 31.4 Å². The van der Waals surface area contributed by atoms with Crippen LogP contribution >= 0.6 is 0 Å². The Kier molecular flexibility index (Phi) is 6.22. The van der Waals surface area contributed by atoms with Crippen molar-refractivity contribution in [3.05, 3.63) is 0 Å². The lowest BCUT2D eigenvalue weighted by Gasteiger charge is -2.10. The molecule has 1 aliphatic heterocycles. The summed E-state index contributed by atoms with van der Waals surface area (Å²) < 4.78 is 5.52. The maximum Gasteiger partial charge on any atom is 0.0551 e. The minimum Gasteiger partial charge on any atom is -0.378 e. The third-order valence-corrected chi connectivity index (χ3v) is 2.80. The summed E-state index contributed by atoms with van der Waals surface area (Å²) in [6, 6.07) is 0.606. The highest BCUT2D eigenvalue weighted by Crippen LogP contribution is 2.17. The molecule has 2 atom stereocenters. The lowest BCUT2D eigenvalue weighted by Crippen LogP contribution is -2.29. The molecule has 0 aromatic rings. The third-order valence-electron chi connectivity index (χ3n) is 2.80. The summed E-state index contributed by atoms with van der Waals surface area (Å²) in [5.74, 6) is 0.734. The molecule has 0 bridgehead atoms. The van der Waals surface area contributed by atoms with E-state index < -0.39 is 0 Å². The summed E-state index contributed by atoms with van der Waals surface area (Å²) in [6.07, 6.45) is 2.90. The Morgan fingerprint density at radius 2 is 2.13 bits per heavy atom. The molecular weight excluding hydrogens is 188 g/mol. The van der Waals surface area contributed by atoms with Crippen molar-refractivity contribution in [2.75, 3.05) is 26.2 Å². The van der Waals surface area contributed by atoms with Crippen molar-refractivity contribution in [3.63, 3.8) is 0 Å². The summed E-state index contributed by atoms with van der Waals surface area (Å²) in [4.78, 5) is 0. The van der Waals surface area contributed by atoms with Crippen LogP contribution in [0, 0.1) is 5.92 Å². The first-order valence-corrected chi connectivity index (χ1v) is 6.24. The Morgan fingerprint density at radius 3 is 2.73 bits per heavy atom. The molecule has 0 radical (unpaired) electrons. The van der Waals surface area contributed by atoms with Gasteiger partial charge < -0.3 is 15.4 Å². The lowest BCUT2D eigenvalue weighted by molar-refractivity contribution is 0.120. The van der Waals surface area contributed by atoms with Gasteiger partial charge >= 0.3 is 0 Å². The first-order chi connectivity index (χ1) is 7.18. The van der Waals surface area contributed by atoms with Gasteiger partial charge in [-0.2, -0.15) is 0 Å². The molecule has 1 fully saturated rings. The van der Waals surface area contributed by atoms with Crippen LogP contribution in [0.4, 0.5) is 0 Å². The highest BCUT2D eigenvalue weighted by Gasteiger charge is 2.20. The predicted octanol–water partition coefficient (Wildman–Crippen LogP) is 1.39. The van der Waals surface area contributed by atoms with Crippen molar-refractivity contribution in [2.45, 2.75) is 45.8 Å². The van der Waals surface area contributed by atoms with Crippen LogP contribution < -0.4 is 10.6 Å². The van der Waals surface area contributed by atoms with E-state index >= 15 is 0 Å². The van der Waals surface area contributed by atoms with Crippen molar-refractivity contribution < 1.29 is 4.74 Å². The van der Waals surface area contributed by atoms with Gasteiger partial charge in [0.05, 0.1) is 12.7 Å². The fourth-order valence-electron chi connectivity index (χ4n) is 1.96. The van der Waals surface area contributed by atoms with Gasteiger partial charge in [0.25, 0.3) is 0 Å². The topological polar surface area (TPSA) is 33.3 Å². The van der Waals surface area contributed by atoms with Crippen LogP contribution in [-0.2, 0) is 4.74 Å². The molecule has 2 N–H and O–H groups in total. The molecule has 0 saturated carbocycles. The number of nitrogens with one attached hydrogen (secondary N) is 2. The van der Waals surface area contributed by atoms with Crippen LogP contribution in [0.1, 0.15) is 33.6 Å². The van der Waals surface area contributed by atoms with E-state index in [0.29, 0.717) is 12.1 Å². The highest BCUT2D eigenvalue weighted by atomic mass is 16.5. The average molecular weight is 214 g/mol. The SMILES string of the molecule is CC(C)NCCCNCC1COC(C)C1. The highest BCUT2D eigenvalue weighted by molar-refractivity contribution is 4.72. The summed E-state index contributed by atoms with van der Waals surface area (Å²) in [5, 5.41) is 6.92. The molecule has 3 nitrogen and oxygen atoms in total. The van der Waals surface area contributed by atoms with Crippen molar-refractivity contribution in [2.24, 2.45) is 5.92 Å². The van der Waals surface area contributed by atoms with Crippen LogP contribution in [0.5, 0.6) is 0 Å². The second kappa shape index (κ2) is 7.20. The largest absolute Gasteiger partial charge is 0.378 e. The van der Waals surface area contributed by atoms with Crippen molar-refractivity contribution in [1.82, 2.24) is 10.6 Å². The van der Waals surface area contributed by atoms with E-state index in [1.165, 1.54) is 12.8 Å². The van der Waals surface area contributed by atoms with E-state index in [1.54, 1.807) is 0 Å².